The number of amides is 1. The summed E-state index contributed by atoms with van der Waals surface area (Å²) in [6.45, 7) is 5.77. The van der Waals surface area contributed by atoms with Crippen molar-refractivity contribution in [1.82, 2.24) is 5.32 Å². The van der Waals surface area contributed by atoms with E-state index < -0.39 is 67.4 Å². The number of rotatable bonds is 62. The van der Waals surface area contributed by atoms with Gasteiger partial charge in [-0.15, -0.1) is 0 Å². The smallest absolute Gasteiger partial charge is 0.306 e. The molecule has 0 aromatic carbocycles. The van der Waals surface area contributed by atoms with E-state index in [4.69, 9.17) is 14.2 Å². The molecule has 0 spiro atoms. The maximum absolute atomic E-state index is 13.5. The average molecular weight is 1220 g/mol. The molecule has 1 fully saturated rings. The van der Waals surface area contributed by atoms with Crippen LogP contribution in [0.2, 0.25) is 0 Å². The largest absolute Gasteiger partial charge is 0.454 e. The number of aliphatic hydroxyl groups excluding tert-OH is 5. The van der Waals surface area contributed by atoms with E-state index >= 15 is 0 Å². The van der Waals surface area contributed by atoms with Crippen molar-refractivity contribution in [2.24, 2.45) is 0 Å². The lowest BCUT2D eigenvalue weighted by molar-refractivity contribution is -0.305. The number of ether oxygens (including phenoxy) is 3. The standard InChI is InChI=1S/C76H135NO10/c1-4-7-10-13-16-19-22-25-27-29-31-33-35-37-39-41-43-46-49-52-55-58-61-64-71(81)87-74-73(83)72(82)70(65-78)86-76(74)85-66-67(68(79)62-59-56-53-50-47-44-24-21-18-15-12-9-6-3)77-75(84)69(80)63-60-57-54-51-48-45-42-40-38-36-34-32-30-28-26-23-20-17-14-11-8-5-2/h16-17,19-20,25-28,31,33,37,39,59,62,67-70,72-74,76,78-80,82-83H,4-15,18,21-24,29-30,32,34-36,38,40-58,60-61,63-66H2,1-3H3,(H,77,84)/b19-16-,20-17-,27-25-,28-26-,33-31-,39-37-,62-59+. The van der Waals surface area contributed by atoms with E-state index in [-0.39, 0.29) is 19.4 Å². The molecular weight excluding hydrogens is 1090 g/mol. The number of hydrogen-bond donors (Lipinski definition) is 6. The van der Waals surface area contributed by atoms with Crippen molar-refractivity contribution in [3.63, 3.8) is 0 Å². The second-order valence-corrected chi connectivity index (χ2v) is 25.0. The van der Waals surface area contributed by atoms with Crippen molar-refractivity contribution in [2.45, 2.75) is 372 Å². The molecule has 1 saturated heterocycles. The highest BCUT2D eigenvalue weighted by Gasteiger charge is 2.47. The van der Waals surface area contributed by atoms with E-state index in [1.807, 2.05) is 6.08 Å². The Bertz CT molecular complexity index is 1740. The van der Waals surface area contributed by atoms with Gasteiger partial charge in [0.1, 0.15) is 24.4 Å². The Hall–Kier alpha value is -3.16. The van der Waals surface area contributed by atoms with Gasteiger partial charge in [-0.25, -0.2) is 0 Å². The van der Waals surface area contributed by atoms with Gasteiger partial charge in [-0.1, -0.05) is 298 Å². The minimum atomic E-state index is -1.62. The fraction of sp³-hybridized carbons (Fsp3) is 0.789. The summed E-state index contributed by atoms with van der Waals surface area (Å²) >= 11 is 0. The molecule has 1 heterocycles. The zero-order valence-electron chi connectivity index (χ0n) is 56.1. The topological polar surface area (TPSA) is 175 Å². The van der Waals surface area contributed by atoms with Crippen LogP contribution in [0.3, 0.4) is 0 Å². The predicted molar refractivity (Wildman–Crippen MR) is 366 cm³/mol. The van der Waals surface area contributed by atoms with Crippen LogP contribution < -0.4 is 5.32 Å². The molecule has 87 heavy (non-hydrogen) atoms. The van der Waals surface area contributed by atoms with Crippen LogP contribution in [0.25, 0.3) is 0 Å². The molecule has 11 heteroatoms. The second kappa shape index (κ2) is 63.0. The van der Waals surface area contributed by atoms with Gasteiger partial charge in [0, 0.05) is 6.42 Å². The van der Waals surface area contributed by atoms with Crippen molar-refractivity contribution in [3.05, 3.63) is 85.1 Å². The summed E-state index contributed by atoms with van der Waals surface area (Å²) in [4.78, 5) is 26.7. The van der Waals surface area contributed by atoms with Crippen molar-refractivity contribution in [3.8, 4) is 0 Å². The van der Waals surface area contributed by atoms with E-state index in [1.54, 1.807) is 6.08 Å². The van der Waals surface area contributed by atoms with Gasteiger partial charge in [0.05, 0.1) is 25.4 Å². The van der Waals surface area contributed by atoms with Gasteiger partial charge >= 0.3 is 5.97 Å². The van der Waals surface area contributed by atoms with Crippen molar-refractivity contribution >= 4 is 11.9 Å². The van der Waals surface area contributed by atoms with Gasteiger partial charge in [0.25, 0.3) is 0 Å². The SMILES string of the molecule is CCCCC/C=C\C/C=C\C/C=C\C/C=C\CCCCCCCCCC(=O)OC1C(OCC(NC(=O)C(O)CCCCCCCCCCCCCC/C=C\C/C=C\CCCCC)C(O)/C=C/CCCCCCCCCCCCC)OC(CO)C(O)C1O. The predicted octanol–water partition coefficient (Wildman–Crippen LogP) is 18.8. The first-order valence-electron chi connectivity index (χ1n) is 36.4. The van der Waals surface area contributed by atoms with Crippen molar-refractivity contribution in [1.29, 1.82) is 0 Å². The number of esters is 1. The Balaban J connectivity index is 2.60. The molecule has 6 N–H and O–H groups in total. The molecule has 1 aliphatic heterocycles. The molecule has 11 nitrogen and oxygen atoms in total. The first-order valence-corrected chi connectivity index (χ1v) is 36.4. The quantitative estimate of drug-likeness (QED) is 0.0195. The molecule has 504 valence electrons. The maximum Gasteiger partial charge on any atom is 0.306 e. The summed E-state index contributed by atoms with van der Waals surface area (Å²) in [5.74, 6) is -1.20. The van der Waals surface area contributed by atoms with Gasteiger partial charge in [0.15, 0.2) is 12.4 Å². The molecule has 0 bridgehead atoms. The average Bonchev–Trinajstić information content (AvgIpc) is 2.32. The molecule has 0 radical (unpaired) electrons. The highest BCUT2D eigenvalue weighted by molar-refractivity contribution is 5.80. The summed E-state index contributed by atoms with van der Waals surface area (Å²) in [7, 11) is 0. The molecule has 0 aromatic rings. The minimum Gasteiger partial charge on any atom is -0.454 e. The molecule has 1 aliphatic rings. The van der Waals surface area contributed by atoms with Gasteiger partial charge in [0.2, 0.25) is 5.91 Å². The van der Waals surface area contributed by atoms with Crippen molar-refractivity contribution < 1.29 is 49.3 Å². The second-order valence-electron chi connectivity index (χ2n) is 25.0. The van der Waals surface area contributed by atoms with Crippen molar-refractivity contribution in [2.75, 3.05) is 13.2 Å². The van der Waals surface area contributed by atoms with E-state index in [0.29, 0.717) is 12.8 Å². The number of carbonyl (C=O) groups excluding carboxylic acids is 2. The van der Waals surface area contributed by atoms with Gasteiger partial charge < -0.3 is 45.1 Å². The van der Waals surface area contributed by atoms with Crippen LogP contribution in [-0.4, -0.2) is 99.6 Å². The Morgan fingerprint density at radius 2 is 0.793 bits per heavy atom. The number of unbranched alkanes of at least 4 members (excludes halogenated alkanes) is 36. The first-order chi connectivity index (χ1) is 42.7. The third-order valence-corrected chi connectivity index (χ3v) is 16.8. The Morgan fingerprint density at radius 1 is 0.448 bits per heavy atom. The number of nitrogens with one attached hydrogen (secondary N) is 1. The van der Waals surface area contributed by atoms with Crippen LogP contribution in [0.15, 0.2) is 85.1 Å². The Kier molecular flexibility index (Phi) is 59.3. The molecular formula is C76H135NO10. The molecule has 0 aliphatic carbocycles. The zero-order valence-corrected chi connectivity index (χ0v) is 56.1. The van der Waals surface area contributed by atoms with Crippen LogP contribution in [0, 0.1) is 0 Å². The zero-order chi connectivity index (χ0) is 63.1. The Morgan fingerprint density at radius 3 is 1.21 bits per heavy atom. The van der Waals surface area contributed by atoms with E-state index in [2.05, 4.69) is 99.0 Å². The lowest BCUT2D eigenvalue weighted by atomic mass is 9.99. The number of hydrogen-bond acceptors (Lipinski definition) is 10. The number of allylic oxidation sites excluding steroid dienone is 13. The van der Waals surface area contributed by atoms with Gasteiger partial charge in [-0.3, -0.25) is 9.59 Å². The lowest BCUT2D eigenvalue weighted by Crippen LogP contribution is -2.61. The fourth-order valence-electron chi connectivity index (χ4n) is 11.0. The van der Waals surface area contributed by atoms with E-state index in [9.17, 15) is 35.1 Å². The fourth-order valence-corrected chi connectivity index (χ4v) is 11.0. The summed E-state index contributed by atoms with van der Waals surface area (Å²) in [5.41, 5.74) is 0. The van der Waals surface area contributed by atoms with Crippen LogP contribution in [0.1, 0.15) is 323 Å². The van der Waals surface area contributed by atoms with E-state index in [0.717, 1.165) is 109 Å². The van der Waals surface area contributed by atoms with Crippen LogP contribution in [-0.2, 0) is 23.8 Å². The molecule has 1 amide bonds. The van der Waals surface area contributed by atoms with E-state index in [1.165, 1.54) is 167 Å². The molecule has 8 unspecified atom stereocenters. The summed E-state index contributed by atoms with van der Waals surface area (Å²) in [5, 5.41) is 57.3. The monoisotopic (exact) mass is 1220 g/mol. The lowest BCUT2D eigenvalue weighted by Gasteiger charge is -2.41. The van der Waals surface area contributed by atoms with Crippen LogP contribution in [0.5, 0.6) is 0 Å². The minimum absolute atomic E-state index is 0.109. The summed E-state index contributed by atoms with van der Waals surface area (Å²) in [6.07, 6.45) is 73.2. The molecule has 8 atom stereocenters. The third kappa shape index (κ3) is 50.2. The first kappa shape index (κ1) is 81.9. The number of aliphatic hydroxyl groups is 5. The highest BCUT2D eigenvalue weighted by Crippen LogP contribution is 2.26. The number of carbonyl (C=O) groups is 2. The van der Waals surface area contributed by atoms with Crippen LogP contribution >= 0.6 is 0 Å². The maximum atomic E-state index is 13.5. The van der Waals surface area contributed by atoms with Gasteiger partial charge in [-0.05, 0) is 103 Å². The Labute approximate surface area is 533 Å². The normalized spacial score (nSPS) is 18.7. The van der Waals surface area contributed by atoms with Crippen LogP contribution in [0.4, 0.5) is 0 Å². The molecule has 0 saturated carbocycles. The molecule has 1 rings (SSSR count). The highest BCUT2D eigenvalue weighted by atomic mass is 16.7. The summed E-state index contributed by atoms with van der Waals surface area (Å²) in [6, 6.07) is -1.03. The molecule has 0 aromatic heterocycles. The summed E-state index contributed by atoms with van der Waals surface area (Å²) < 4.78 is 17.7. The van der Waals surface area contributed by atoms with Gasteiger partial charge in [-0.2, -0.15) is 0 Å². The third-order valence-electron chi connectivity index (χ3n) is 16.8.